The van der Waals surface area contributed by atoms with Gasteiger partial charge in [0.05, 0.1) is 25.5 Å². The van der Waals surface area contributed by atoms with Crippen molar-refractivity contribution >= 4 is 35.8 Å². The molecule has 0 saturated carbocycles. The van der Waals surface area contributed by atoms with Crippen molar-refractivity contribution in [1.82, 2.24) is 29.8 Å². The molecule has 1 N–H and O–H groups in total. The van der Waals surface area contributed by atoms with Crippen LogP contribution in [-0.4, -0.2) is 102 Å². The SMILES string of the molecule is CN=C(NCc1c(C)nn(C)c1C)N1CCN(CC(=O)N2CCOCC2)CC1.I. The third-order valence-electron chi connectivity index (χ3n) is 5.69. The fourth-order valence-corrected chi connectivity index (χ4v) is 3.79. The highest BCUT2D eigenvalue weighted by Crippen LogP contribution is 2.12. The number of aromatic nitrogens is 2. The molecule has 0 aliphatic carbocycles. The van der Waals surface area contributed by atoms with E-state index < -0.39 is 0 Å². The molecule has 2 saturated heterocycles. The lowest BCUT2D eigenvalue weighted by Crippen LogP contribution is -2.54. The van der Waals surface area contributed by atoms with E-state index in [9.17, 15) is 4.79 Å². The standard InChI is InChI=1S/C19H33N7O2.HI/c1-15-17(16(2)23(4)22-15)13-21-19(20-3)26-7-5-24(6-8-26)14-18(27)25-9-11-28-12-10-25;/h5-14H2,1-4H3,(H,20,21);1H. The Morgan fingerprint density at radius 2 is 1.76 bits per heavy atom. The minimum Gasteiger partial charge on any atom is -0.378 e. The normalized spacial score (nSPS) is 18.6. The largest absolute Gasteiger partial charge is 0.378 e. The van der Waals surface area contributed by atoms with Gasteiger partial charge >= 0.3 is 0 Å². The molecule has 3 heterocycles. The Bertz CT molecular complexity index is 708. The molecule has 1 aromatic rings. The van der Waals surface area contributed by atoms with Crippen LogP contribution in [0.2, 0.25) is 0 Å². The van der Waals surface area contributed by atoms with Crippen LogP contribution in [0.3, 0.4) is 0 Å². The average molecular weight is 519 g/mol. The number of aryl methyl sites for hydroxylation is 2. The molecule has 0 radical (unpaired) electrons. The smallest absolute Gasteiger partial charge is 0.236 e. The van der Waals surface area contributed by atoms with E-state index in [-0.39, 0.29) is 29.9 Å². The summed E-state index contributed by atoms with van der Waals surface area (Å²) in [6.07, 6.45) is 0. The maximum atomic E-state index is 12.4. The Morgan fingerprint density at radius 3 is 2.31 bits per heavy atom. The molecule has 1 amide bonds. The van der Waals surface area contributed by atoms with Gasteiger partial charge in [0.25, 0.3) is 0 Å². The maximum Gasteiger partial charge on any atom is 0.236 e. The minimum atomic E-state index is 0. The van der Waals surface area contributed by atoms with E-state index >= 15 is 0 Å². The van der Waals surface area contributed by atoms with Crippen molar-refractivity contribution in [2.75, 3.05) is 66.1 Å². The summed E-state index contributed by atoms with van der Waals surface area (Å²) in [5.74, 6) is 1.11. The van der Waals surface area contributed by atoms with Gasteiger partial charge in [-0.05, 0) is 13.8 Å². The number of nitrogens with zero attached hydrogens (tertiary/aromatic N) is 6. The van der Waals surface area contributed by atoms with Crippen LogP contribution in [0.25, 0.3) is 0 Å². The number of ether oxygens (including phenoxy) is 1. The van der Waals surface area contributed by atoms with Gasteiger partial charge in [0.2, 0.25) is 5.91 Å². The van der Waals surface area contributed by atoms with Crippen LogP contribution in [-0.2, 0) is 23.1 Å². The maximum absolute atomic E-state index is 12.4. The van der Waals surface area contributed by atoms with E-state index in [1.807, 2.05) is 30.6 Å². The molecule has 0 unspecified atom stereocenters. The highest BCUT2D eigenvalue weighted by atomic mass is 127. The molecule has 0 atom stereocenters. The van der Waals surface area contributed by atoms with Crippen LogP contribution < -0.4 is 5.32 Å². The monoisotopic (exact) mass is 519 g/mol. The van der Waals surface area contributed by atoms with E-state index in [1.54, 1.807) is 0 Å². The van der Waals surface area contributed by atoms with Crippen molar-refractivity contribution < 1.29 is 9.53 Å². The number of amides is 1. The summed E-state index contributed by atoms with van der Waals surface area (Å²) in [4.78, 5) is 23.3. The number of morpholine rings is 1. The number of piperazine rings is 1. The topological polar surface area (TPSA) is 78.2 Å². The number of hydrogen-bond acceptors (Lipinski definition) is 5. The van der Waals surface area contributed by atoms with Crippen LogP contribution in [0, 0.1) is 13.8 Å². The lowest BCUT2D eigenvalue weighted by molar-refractivity contribution is -0.136. The van der Waals surface area contributed by atoms with Crippen LogP contribution in [0.1, 0.15) is 17.0 Å². The molecule has 10 heteroatoms. The van der Waals surface area contributed by atoms with Crippen molar-refractivity contribution in [2.45, 2.75) is 20.4 Å². The summed E-state index contributed by atoms with van der Waals surface area (Å²) in [5.41, 5.74) is 3.44. The molecule has 0 bridgehead atoms. The zero-order chi connectivity index (χ0) is 20.1. The molecule has 0 aromatic carbocycles. The Balaban J connectivity index is 0.00000300. The number of halogens is 1. The van der Waals surface area contributed by atoms with Gasteiger partial charge in [0, 0.05) is 71.2 Å². The summed E-state index contributed by atoms with van der Waals surface area (Å²) >= 11 is 0. The van der Waals surface area contributed by atoms with Gasteiger partial charge in [-0.15, -0.1) is 24.0 Å². The molecule has 0 spiro atoms. The molecule has 164 valence electrons. The summed E-state index contributed by atoms with van der Waals surface area (Å²) in [6, 6.07) is 0. The van der Waals surface area contributed by atoms with Gasteiger partial charge < -0.3 is 19.9 Å². The lowest BCUT2D eigenvalue weighted by Gasteiger charge is -2.37. The van der Waals surface area contributed by atoms with E-state index in [4.69, 9.17) is 4.74 Å². The predicted molar refractivity (Wildman–Crippen MR) is 124 cm³/mol. The second-order valence-electron chi connectivity index (χ2n) is 7.43. The van der Waals surface area contributed by atoms with Gasteiger partial charge in [-0.2, -0.15) is 5.10 Å². The number of hydrogen-bond donors (Lipinski definition) is 1. The molecule has 1 aromatic heterocycles. The van der Waals surface area contributed by atoms with E-state index in [2.05, 4.69) is 32.1 Å². The first-order valence-corrected chi connectivity index (χ1v) is 10.0. The zero-order valence-electron chi connectivity index (χ0n) is 18.0. The lowest BCUT2D eigenvalue weighted by atomic mass is 10.2. The molecule has 29 heavy (non-hydrogen) atoms. The van der Waals surface area contributed by atoms with Crippen LogP contribution in [0.5, 0.6) is 0 Å². The van der Waals surface area contributed by atoms with Gasteiger partial charge in [-0.25, -0.2) is 0 Å². The quantitative estimate of drug-likeness (QED) is 0.348. The third kappa shape index (κ3) is 6.05. The Morgan fingerprint density at radius 1 is 1.10 bits per heavy atom. The van der Waals surface area contributed by atoms with Crippen molar-refractivity contribution in [1.29, 1.82) is 0 Å². The number of carbonyl (C=O) groups is 1. The number of carbonyl (C=O) groups excluding carboxylic acids is 1. The fraction of sp³-hybridized carbons (Fsp3) is 0.737. The summed E-state index contributed by atoms with van der Waals surface area (Å²) in [5, 5.41) is 7.95. The molecule has 2 aliphatic rings. The Labute approximate surface area is 190 Å². The molecule has 9 nitrogen and oxygen atoms in total. The van der Waals surface area contributed by atoms with Crippen LogP contribution in [0.4, 0.5) is 0 Å². The first-order valence-electron chi connectivity index (χ1n) is 10.0. The molecular weight excluding hydrogens is 485 g/mol. The minimum absolute atomic E-state index is 0. The molecule has 2 fully saturated rings. The fourth-order valence-electron chi connectivity index (χ4n) is 3.79. The summed E-state index contributed by atoms with van der Waals surface area (Å²) in [6.45, 7) is 11.5. The second kappa shape index (κ2) is 11.1. The van der Waals surface area contributed by atoms with Crippen LogP contribution >= 0.6 is 24.0 Å². The van der Waals surface area contributed by atoms with Crippen molar-refractivity contribution in [2.24, 2.45) is 12.0 Å². The van der Waals surface area contributed by atoms with Gasteiger partial charge in [-0.3, -0.25) is 19.4 Å². The summed E-state index contributed by atoms with van der Waals surface area (Å²) in [7, 11) is 3.79. The van der Waals surface area contributed by atoms with Gasteiger partial charge in [0.15, 0.2) is 5.96 Å². The summed E-state index contributed by atoms with van der Waals surface area (Å²) < 4.78 is 7.24. The molecule has 3 rings (SSSR count). The number of aliphatic imine (C=N–C) groups is 1. The van der Waals surface area contributed by atoms with Crippen LogP contribution in [0.15, 0.2) is 4.99 Å². The van der Waals surface area contributed by atoms with E-state index in [0.717, 1.165) is 37.8 Å². The number of guanidine groups is 1. The second-order valence-corrected chi connectivity index (χ2v) is 7.43. The number of rotatable bonds is 4. The average Bonchev–Trinajstić information content (AvgIpc) is 2.96. The first kappa shape index (κ1) is 23.9. The van der Waals surface area contributed by atoms with Crippen molar-refractivity contribution in [3.05, 3.63) is 17.0 Å². The van der Waals surface area contributed by atoms with Crippen molar-refractivity contribution in [3.63, 3.8) is 0 Å². The first-order chi connectivity index (χ1) is 13.5. The van der Waals surface area contributed by atoms with E-state index in [0.29, 0.717) is 39.4 Å². The van der Waals surface area contributed by atoms with E-state index in [1.165, 1.54) is 11.3 Å². The predicted octanol–water partition coefficient (Wildman–Crippen LogP) is 0.207. The van der Waals surface area contributed by atoms with Gasteiger partial charge in [0.1, 0.15) is 0 Å². The molecular formula is C19H34IN7O2. The third-order valence-corrected chi connectivity index (χ3v) is 5.69. The highest BCUT2D eigenvalue weighted by Gasteiger charge is 2.24. The Kier molecular flexibility index (Phi) is 9.15. The van der Waals surface area contributed by atoms with Crippen molar-refractivity contribution in [3.8, 4) is 0 Å². The highest BCUT2D eigenvalue weighted by molar-refractivity contribution is 14.0. The number of nitrogens with one attached hydrogen (secondary N) is 1. The Hall–Kier alpha value is -1.40. The van der Waals surface area contributed by atoms with Gasteiger partial charge in [-0.1, -0.05) is 0 Å². The zero-order valence-corrected chi connectivity index (χ0v) is 20.3. The molecule has 2 aliphatic heterocycles.